The van der Waals surface area contributed by atoms with Gasteiger partial charge >= 0.3 is 0 Å². The molecule has 4 rings (SSSR count). The maximum Gasteiger partial charge on any atom is 0.119 e. The molecule has 0 saturated carbocycles. The molecule has 0 fully saturated rings. The Bertz CT molecular complexity index is 929. The molecular weight excluding hydrogens is 391 g/mol. The van der Waals surface area contributed by atoms with Crippen LogP contribution in [0.1, 0.15) is 29.2 Å². The van der Waals surface area contributed by atoms with E-state index in [2.05, 4.69) is 67.5 Å². The third-order valence-corrected chi connectivity index (χ3v) is 5.45. The molecular formula is C23H28Cl2N2O. The highest BCUT2D eigenvalue weighted by Crippen LogP contribution is 2.42. The normalized spacial score (nSPS) is 18.1. The minimum Gasteiger partial charge on any atom is -0.497 e. The lowest BCUT2D eigenvalue weighted by atomic mass is 9.73. The molecule has 2 atom stereocenters. The van der Waals surface area contributed by atoms with Crippen LogP contribution < -0.4 is 4.74 Å². The Morgan fingerprint density at radius 3 is 2.57 bits per heavy atom. The second-order valence-electron chi connectivity index (χ2n) is 7.53. The van der Waals surface area contributed by atoms with Crippen LogP contribution >= 0.6 is 24.8 Å². The van der Waals surface area contributed by atoms with Crippen molar-refractivity contribution in [3.8, 4) is 5.75 Å². The fourth-order valence-corrected chi connectivity index (χ4v) is 4.34. The highest BCUT2D eigenvalue weighted by atomic mass is 35.5. The molecule has 0 radical (unpaired) electrons. The van der Waals surface area contributed by atoms with Crippen molar-refractivity contribution >= 4 is 35.7 Å². The lowest BCUT2D eigenvalue weighted by Gasteiger charge is -2.35. The predicted molar refractivity (Wildman–Crippen MR) is 121 cm³/mol. The van der Waals surface area contributed by atoms with Crippen molar-refractivity contribution < 1.29 is 4.74 Å². The summed E-state index contributed by atoms with van der Waals surface area (Å²) in [5.41, 5.74) is 5.07. The number of nitrogens with zero attached hydrogens (tertiary/aromatic N) is 2. The number of ether oxygens (including phenoxy) is 1. The Labute approximate surface area is 179 Å². The van der Waals surface area contributed by atoms with E-state index >= 15 is 0 Å². The van der Waals surface area contributed by atoms with Crippen LogP contribution in [-0.4, -0.2) is 37.6 Å². The van der Waals surface area contributed by atoms with Crippen molar-refractivity contribution in [1.82, 2.24) is 9.88 Å². The van der Waals surface area contributed by atoms with Crippen molar-refractivity contribution in [3.05, 3.63) is 71.4 Å². The average Bonchev–Trinajstić information content (AvgIpc) is 2.66. The van der Waals surface area contributed by atoms with Crippen LogP contribution in [0, 0.1) is 5.92 Å². The molecule has 1 aliphatic carbocycles. The number of hydrogen-bond donors (Lipinski definition) is 0. The Balaban J connectivity index is 0.00000140. The first-order chi connectivity index (χ1) is 12.7. The third-order valence-electron chi connectivity index (χ3n) is 5.45. The zero-order valence-corrected chi connectivity index (χ0v) is 18.2. The van der Waals surface area contributed by atoms with Gasteiger partial charge in [-0.25, -0.2) is 0 Å². The van der Waals surface area contributed by atoms with E-state index in [1.807, 2.05) is 6.07 Å². The van der Waals surface area contributed by atoms with Gasteiger partial charge in [-0.2, -0.15) is 0 Å². The smallest absolute Gasteiger partial charge is 0.119 e. The first-order valence-electron chi connectivity index (χ1n) is 9.33. The molecule has 0 amide bonds. The largest absolute Gasteiger partial charge is 0.497 e. The molecule has 0 spiro atoms. The number of methoxy groups -OCH3 is 1. The van der Waals surface area contributed by atoms with E-state index in [1.165, 1.54) is 28.6 Å². The van der Waals surface area contributed by atoms with Crippen LogP contribution in [0.2, 0.25) is 0 Å². The maximum absolute atomic E-state index is 5.49. The molecule has 1 heterocycles. The number of para-hydroxylation sites is 1. The molecule has 0 bridgehead atoms. The second-order valence-corrected chi connectivity index (χ2v) is 7.53. The van der Waals surface area contributed by atoms with Crippen LogP contribution in [0.5, 0.6) is 5.75 Å². The summed E-state index contributed by atoms with van der Waals surface area (Å²) in [5.74, 6) is 1.85. The van der Waals surface area contributed by atoms with Crippen molar-refractivity contribution in [3.63, 3.8) is 0 Å². The average molecular weight is 419 g/mol. The number of hydrogen-bond acceptors (Lipinski definition) is 3. The fraction of sp³-hybridized carbons (Fsp3) is 0.348. The van der Waals surface area contributed by atoms with Gasteiger partial charge in [0.15, 0.2) is 0 Å². The lowest BCUT2D eigenvalue weighted by molar-refractivity contribution is 0.280. The molecule has 1 aromatic heterocycles. The van der Waals surface area contributed by atoms with Crippen LogP contribution in [0.3, 0.4) is 0 Å². The third kappa shape index (κ3) is 4.43. The van der Waals surface area contributed by atoms with Gasteiger partial charge in [0, 0.05) is 23.5 Å². The zero-order chi connectivity index (χ0) is 18.1. The molecule has 5 heteroatoms. The number of benzene rings is 2. The van der Waals surface area contributed by atoms with Crippen LogP contribution in [-0.2, 0) is 6.42 Å². The van der Waals surface area contributed by atoms with E-state index in [-0.39, 0.29) is 24.8 Å². The number of aryl methyl sites for hydroxylation is 1. The monoisotopic (exact) mass is 418 g/mol. The van der Waals surface area contributed by atoms with Crippen LogP contribution in [0.15, 0.2) is 54.6 Å². The summed E-state index contributed by atoms with van der Waals surface area (Å²) in [7, 11) is 6.06. The van der Waals surface area contributed by atoms with Gasteiger partial charge in [0.05, 0.1) is 12.6 Å². The van der Waals surface area contributed by atoms with Gasteiger partial charge in [-0.05, 0) is 68.2 Å². The molecule has 0 saturated heterocycles. The van der Waals surface area contributed by atoms with Crippen molar-refractivity contribution in [1.29, 1.82) is 0 Å². The Morgan fingerprint density at radius 1 is 1.04 bits per heavy atom. The standard InChI is InChI=1S/C23H26N2O.2ClH/c1-25(2)15-18-11-12-22-20(14-16-7-4-5-10-21(16)24-22)23(18)17-8-6-9-19(13-17)26-3;;/h4-10,13-14,18,23H,11-12,15H2,1-3H3;2*1H. The number of halogens is 2. The number of fused-ring (bicyclic) bond motifs is 2. The number of pyridine rings is 1. The quantitative estimate of drug-likeness (QED) is 0.571. The van der Waals surface area contributed by atoms with Gasteiger partial charge in [-0.15, -0.1) is 24.8 Å². The van der Waals surface area contributed by atoms with Gasteiger partial charge in [0.25, 0.3) is 0 Å². The molecule has 2 aromatic carbocycles. The van der Waals surface area contributed by atoms with E-state index in [0.29, 0.717) is 11.8 Å². The predicted octanol–water partition coefficient (Wildman–Crippen LogP) is 5.34. The molecule has 3 nitrogen and oxygen atoms in total. The summed E-state index contributed by atoms with van der Waals surface area (Å²) in [6, 6.07) is 19.4. The summed E-state index contributed by atoms with van der Waals surface area (Å²) >= 11 is 0. The molecule has 150 valence electrons. The maximum atomic E-state index is 5.49. The topological polar surface area (TPSA) is 25.4 Å². The highest BCUT2D eigenvalue weighted by Gasteiger charge is 2.32. The first-order valence-corrected chi connectivity index (χ1v) is 9.33. The van der Waals surface area contributed by atoms with Crippen molar-refractivity contribution in [2.24, 2.45) is 5.92 Å². The van der Waals surface area contributed by atoms with Gasteiger partial charge in [-0.1, -0.05) is 30.3 Å². The Hall–Kier alpha value is -1.81. The van der Waals surface area contributed by atoms with Crippen molar-refractivity contribution in [2.75, 3.05) is 27.7 Å². The fourth-order valence-electron chi connectivity index (χ4n) is 4.34. The van der Waals surface area contributed by atoms with E-state index < -0.39 is 0 Å². The van der Waals surface area contributed by atoms with Crippen LogP contribution in [0.25, 0.3) is 10.9 Å². The van der Waals surface area contributed by atoms with Gasteiger partial charge < -0.3 is 9.64 Å². The minimum atomic E-state index is 0. The molecule has 3 aromatic rings. The Morgan fingerprint density at radius 2 is 1.82 bits per heavy atom. The number of aromatic nitrogens is 1. The molecule has 0 aliphatic heterocycles. The minimum absolute atomic E-state index is 0. The highest BCUT2D eigenvalue weighted by molar-refractivity contribution is 5.85. The summed E-state index contributed by atoms with van der Waals surface area (Å²) in [4.78, 5) is 7.31. The van der Waals surface area contributed by atoms with Crippen LogP contribution in [0.4, 0.5) is 0 Å². The lowest BCUT2D eigenvalue weighted by Crippen LogP contribution is -2.31. The molecule has 0 N–H and O–H groups in total. The zero-order valence-electron chi connectivity index (χ0n) is 16.6. The summed E-state index contributed by atoms with van der Waals surface area (Å²) in [5, 5.41) is 1.23. The van der Waals surface area contributed by atoms with Crippen molar-refractivity contribution in [2.45, 2.75) is 18.8 Å². The molecule has 2 unspecified atom stereocenters. The van der Waals surface area contributed by atoms with Gasteiger partial charge in [0.1, 0.15) is 5.75 Å². The van der Waals surface area contributed by atoms with E-state index in [1.54, 1.807) is 7.11 Å². The van der Waals surface area contributed by atoms with Gasteiger partial charge in [0.2, 0.25) is 0 Å². The van der Waals surface area contributed by atoms with E-state index in [4.69, 9.17) is 9.72 Å². The number of rotatable bonds is 4. The van der Waals surface area contributed by atoms with Gasteiger partial charge in [-0.3, -0.25) is 4.98 Å². The molecule has 28 heavy (non-hydrogen) atoms. The summed E-state index contributed by atoms with van der Waals surface area (Å²) < 4.78 is 5.49. The second kappa shape index (κ2) is 9.60. The van der Waals surface area contributed by atoms with E-state index in [9.17, 15) is 0 Å². The summed E-state index contributed by atoms with van der Waals surface area (Å²) in [6.07, 6.45) is 2.22. The Kier molecular flexibility index (Phi) is 7.70. The van der Waals surface area contributed by atoms with E-state index in [0.717, 1.165) is 24.2 Å². The first kappa shape index (κ1) is 22.5. The molecule has 1 aliphatic rings. The summed E-state index contributed by atoms with van der Waals surface area (Å²) in [6.45, 7) is 1.08. The SMILES string of the molecule is COc1cccc(C2c3cc4ccccc4nc3CCC2CN(C)C)c1.Cl.Cl.